The Kier molecular flexibility index (Phi) is 5.44. The number of hydrogen-bond donors (Lipinski definition) is 0. The molecule has 0 bridgehead atoms. The van der Waals surface area contributed by atoms with Gasteiger partial charge in [-0.2, -0.15) is 0 Å². The van der Waals surface area contributed by atoms with E-state index in [0.29, 0.717) is 18.3 Å². The number of alkyl halides is 1. The molecular formula is C12H22ClNO. The molecule has 1 aliphatic carbocycles. The molecule has 0 aromatic rings. The zero-order valence-corrected chi connectivity index (χ0v) is 10.6. The number of halogens is 1. The molecule has 0 atom stereocenters. The van der Waals surface area contributed by atoms with Gasteiger partial charge >= 0.3 is 0 Å². The molecule has 1 amide bonds. The lowest BCUT2D eigenvalue weighted by Gasteiger charge is -2.34. The second-order valence-electron chi connectivity index (χ2n) is 4.53. The third-order valence-corrected chi connectivity index (χ3v) is 3.83. The third kappa shape index (κ3) is 3.67. The van der Waals surface area contributed by atoms with Gasteiger partial charge in [-0.1, -0.05) is 13.3 Å². The van der Waals surface area contributed by atoms with Gasteiger partial charge in [-0.25, -0.2) is 0 Å². The molecule has 0 N–H and O–H groups in total. The normalized spacial score (nSPS) is 26.3. The van der Waals surface area contributed by atoms with Gasteiger partial charge in [-0.3, -0.25) is 4.79 Å². The Morgan fingerprint density at radius 1 is 1.33 bits per heavy atom. The zero-order chi connectivity index (χ0) is 11.3. The Bertz CT molecular complexity index is 200. The SMILES string of the molecule is CCC1CCC(N(C)C(=O)CCCl)CC1. The van der Waals surface area contributed by atoms with Gasteiger partial charge in [0.1, 0.15) is 0 Å². The number of hydrogen-bond acceptors (Lipinski definition) is 1. The van der Waals surface area contributed by atoms with Crippen molar-refractivity contribution >= 4 is 17.5 Å². The fourth-order valence-corrected chi connectivity index (χ4v) is 2.56. The average molecular weight is 232 g/mol. The first-order valence-corrected chi connectivity index (χ1v) is 6.54. The maximum atomic E-state index is 11.6. The van der Waals surface area contributed by atoms with E-state index in [1.165, 1.54) is 32.1 Å². The summed E-state index contributed by atoms with van der Waals surface area (Å²) in [5.41, 5.74) is 0. The number of carbonyl (C=O) groups is 1. The smallest absolute Gasteiger partial charge is 0.223 e. The predicted octanol–water partition coefficient (Wildman–Crippen LogP) is 3.04. The molecule has 0 saturated heterocycles. The van der Waals surface area contributed by atoms with Crippen LogP contribution in [0.1, 0.15) is 45.4 Å². The van der Waals surface area contributed by atoms with Crippen molar-refractivity contribution in [3.05, 3.63) is 0 Å². The first-order chi connectivity index (χ1) is 7.19. The van der Waals surface area contributed by atoms with Crippen LogP contribution in [0.5, 0.6) is 0 Å². The molecule has 1 aliphatic rings. The Morgan fingerprint density at radius 2 is 1.93 bits per heavy atom. The van der Waals surface area contributed by atoms with Crippen LogP contribution in [0.4, 0.5) is 0 Å². The van der Waals surface area contributed by atoms with Crippen LogP contribution < -0.4 is 0 Å². The molecule has 1 saturated carbocycles. The highest BCUT2D eigenvalue weighted by Gasteiger charge is 2.25. The van der Waals surface area contributed by atoms with Gasteiger partial charge in [0.25, 0.3) is 0 Å². The minimum atomic E-state index is 0.199. The van der Waals surface area contributed by atoms with Crippen LogP contribution in [0.25, 0.3) is 0 Å². The van der Waals surface area contributed by atoms with Crippen LogP contribution in [0, 0.1) is 5.92 Å². The maximum absolute atomic E-state index is 11.6. The Hall–Kier alpha value is -0.240. The van der Waals surface area contributed by atoms with Gasteiger partial charge in [-0.15, -0.1) is 11.6 Å². The van der Waals surface area contributed by atoms with Gasteiger partial charge < -0.3 is 4.90 Å². The fraction of sp³-hybridized carbons (Fsp3) is 0.917. The standard InChI is InChI=1S/C12H22ClNO/c1-3-10-4-6-11(7-5-10)14(2)12(15)8-9-13/h10-11H,3-9H2,1-2H3. The van der Waals surface area contributed by atoms with Gasteiger partial charge in [0.05, 0.1) is 0 Å². The predicted molar refractivity (Wildman–Crippen MR) is 64.1 cm³/mol. The molecule has 2 nitrogen and oxygen atoms in total. The van der Waals surface area contributed by atoms with E-state index in [1.807, 2.05) is 11.9 Å². The molecular weight excluding hydrogens is 210 g/mol. The molecule has 0 aromatic carbocycles. The minimum absolute atomic E-state index is 0.199. The number of rotatable bonds is 4. The van der Waals surface area contributed by atoms with Crippen LogP contribution in [-0.2, 0) is 4.79 Å². The first kappa shape index (κ1) is 12.8. The monoisotopic (exact) mass is 231 g/mol. The lowest BCUT2D eigenvalue weighted by atomic mass is 9.84. The molecule has 0 radical (unpaired) electrons. The van der Waals surface area contributed by atoms with Crippen molar-refractivity contribution in [2.45, 2.75) is 51.5 Å². The number of carbonyl (C=O) groups excluding carboxylic acids is 1. The third-order valence-electron chi connectivity index (χ3n) is 3.64. The van der Waals surface area contributed by atoms with Crippen molar-refractivity contribution in [2.75, 3.05) is 12.9 Å². The second-order valence-corrected chi connectivity index (χ2v) is 4.90. The van der Waals surface area contributed by atoms with Gasteiger partial charge in [-0.05, 0) is 31.6 Å². The quantitative estimate of drug-likeness (QED) is 0.681. The van der Waals surface area contributed by atoms with E-state index in [2.05, 4.69) is 6.92 Å². The van der Waals surface area contributed by atoms with Gasteiger partial charge in [0, 0.05) is 25.4 Å². The van der Waals surface area contributed by atoms with Crippen LogP contribution in [0.2, 0.25) is 0 Å². The summed E-state index contributed by atoms with van der Waals surface area (Å²) in [6, 6.07) is 0.462. The zero-order valence-electron chi connectivity index (χ0n) is 9.84. The molecule has 0 aliphatic heterocycles. The highest BCUT2D eigenvalue weighted by atomic mass is 35.5. The summed E-state index contributed by atoms with van der Waals surface area (Å²) < 4.78 is 0. The van der Waals surface area contributed by atoms with Crippen LogP contribution >= 0.6 is 11.6 Å². The van der Waals surface area contributed by atoms with E-state index in [-0.39, 0.29) is 5.91 Å². The fourth-order valence-electron chi connectivity index (χ4n) is 2.40. The van der Waals surface area contributed by atoms with Crippen LogP contribution in [0.15, 0.2) is 0 Å². The Morgan fingerprint density at radius 3 is 2.40 bits per heavy atom. The summed E-state index contributed by atoms with van der Waals surface area (Å²) in [6.45, 7) is 2.26. The molecule has 88 valence electrons. The topological polar surface area (TPSA) is 20.3 Å². The van der Waals surface area contributed by atoms with Crippen molar-refractivity contribution in [3.63, 3.8) is 0 Å². The van der Waals surface area contributed by atoms with Crippen LogP contribution in [0.3, 0.4) is 0 Å². The molecule has 1 rings (SSSR count). The summed E-state index contributed by atoms with van der Waals surface area (Å²) >= 11 is 5.58. The van der Waals surface area contributed by atoms with E-state index >= 15 is 0 Å². The molecule has 0 aromatic heterocycles. The van der Waals surface area contributed by atoms with E-state index in [9.17, 15) is 4.79 Å². The molecule has 0 spiro atoms. The maximum Gasteiger partial charge on any atom is 0.223 e. The van der Waals surface area contributed by atoms with Crippen molar-refractivity contribution in [2.24, 2.45) is 5.92 Å². The summed E-state index contributed by atoms with van der Waals surface area (Å²) in [6.07, 6.45) is 6.66. The minimum Gasteiger partial charge on any atom is -0.343 e. The molecule has 0 heterocycles. The van der Waals surface area contributed by atoms with Crippen molar-refractivity contribution in [1.29, 1.82) is 0 Å². The first-order valence-electron chi connectivity index (χ1n) is 6.00. The number of amides is 1. The molecule has 1 fully saturated rings. The average Bonchev–Trinajstić information content (AvgIpc) is 2.28. The van der Waals surface area contributed by atoms with Gasteiger partial charge in [0.15, 0.2) is 0 Å². The summed E-state index contributed by atoms with van der Waals surface area (Å²) in [4.78, 5) is 13.5. The van der Waals surface area contributed by atoms with E-state index in [4.69, 9.17) is 11.6 Å². The largest absolute Gasteiger partial charge is 0.343 e. The van der Waals surface area contributed by atoms with E-state index in [1.54, 1.807) is 0 Å². The Labute approximate surface area is 98.0 Å². The lowest BCUT2D eigenvalue weighted by Crippen LogP contribution is -2.39. The van der Waals surface area contributed by atoms with Gasteiger partial charge in [0.2, 0.25) is 5.91 Å². The highest BCUT2D eigenvalue weighted by Crippen LogP contribution is 2.29. The van der Waals surface area contributed by atoms with Crippen molar-refractivity contribution in [3.8, 4) is 0 Å². The van der Waals surface area contributed by atoms with E-state index in [0.717, 1.165) is 5.92 Å². The van der Waals surface area contributed by atoms with Crippen LogP contribution in [-0.4, -0.2) is 29.8 Å². The second kappa shape index (κ2) is 6.37. The van der Waals surface area contributed by atoms with Crippen molar-refractivity contribution < 1.29 is 4.79 Å². The van der Waals surface area contributed by atoms with Crippen molar-refractivity contribution in [1.82, 2.24) is 4.90 Å². The number of nitrogens with zero attached hydrogens (tertiary/aromatic N) is 1. The van der Waals surface area contributed by atoms with E-state index < -0.39 is 0 Å². The molecule has 15 heavy (non-hydrogen) atoms. The molecule has 0 unspecified atom stereocenters. The highest BCUT2D eigenvalue weighted by molar-refractivity contribution is 6.18. The Balaban J connectivity index is 2.35. The lowest BCUT2D eigenvalue weighted by molar-refractivity contribution is -0.132. The summed E-state index contributed by atoms with van der Waals surface area (Å²) in [5.74, 6) is 1.52. The summed E-state index contributed by atoms with van der Waals surface area (Å²) in [5, 5.41) is 0. The molecule has 3 heteroatoms. The summed E-state index contributed by atoms with van der Waals surface area (Å²) in [7, 11) is 1.92.